The molecule has 1 aromatic heterocycles. The summed E-state index contributed by atoms with van der Waals surface area (Å²) < 4.78 is 0. The molecule has 0 saturated carbocycles. The quantitative estimate of drug-likeness (QED) is 0.323. The van der Waals surface area contributed by atoms with Gasteiger partial charge in [0.25, 0.3) is 5.91 Å². The Kier molecular flexibility index (Phi) is 6.36. The zero-order valence-electron chi connectivity index (χ0n) is 19.2. The molecule has 1 amide bonds. The Morgan fingerprint density at radius 1 is 0.636 bits per heavy atom. The largest absolute Gasteiger partial charge is 0.340 e. The molecule has 3 N–H and O–H groups in total. The number of hydrogen-bond donors (Lipinski definition) is 3. The molecular formula is C27H27N5O. The molecule has 0 saturated heterocycles. The second-order valence-corrected chi connectivity index (χ2v) is 8.24. The molecule has 6 nitrogen and oxygen atoms in total. The Bertz CT molecular complexity index is 1260. The highest BCUT2D eigenvalue weighted by atomic mass is 16.1. The van der Waals surface area contributed by atoms with Gasteiger partial charge in [0, 0.05) is 34.4 Å². The van der Waals surface area contributed by atoms with Crippen LogP contribution in [0.1, 0.15) is 32.7 Å². The maximum Gasteiger partial charge on any atom is 0.255 e. The third-order valence-electron chi connectivity index (χ3n) is 5.06. The number of amides is 1. The molecule has 4 aromatic rings. The summed E-state index contributed by atoms with van der Waals surface area (Å²) in [6.45, 7) is 7.95. The first-order valence-corrected chi connectivity index (χ1v) is 10.8. The van der Waals surface area contributed by atoms with E-state index in [1.165, 1.54) is 5.56 Å². The Labute approximate surface area is 194 Å². The minimum absolute atomic E-state index is 0.124. The third-order valence-corrected chi connectivity index (χ3v) is 5.06. The number of carbonyl (C=O) groups excluding carboxylic acids is 1. The van der Waals surface area contributed by atoms with Gasteiger partial charge >= 0.3 is 0 Å². The summed E-state index contributed by atoms with van der Waals surface area (Å²) in [6, 6.07) is 23.3. The van der Waals surface area contributed by atoms with Gasteiger partial charge in [0.15, 0.2) is 0 Å². The van der Waals surface area contributed by atoms with Crippen molar-refractivity contribution in [3.63, 3.8) is 0 Å². The second-order valence-electron chi connectivity index (χ2n) is 8.24. The van der Waals surface area contributed by atoms with Gasteiger partial charge in [-0.05, 0) is 76.2 Å². The summed E-state index contributed by atoms with van der Waals surface area (Å²) in [5.41, 5.74) is 7.35. The topological polar surface area (TPSA) is 78.9 Å². The van der Waals surface area contributed by atoms with Crippen molar-refractivity contribution in [3.8, 4) is 0 Å². The van der Waals surface area contributed by atoms with Crippen LogP contribution in [0.2, 0.25) is 0 Å². The predicted molar refractivity (Wildman–Crippen MR) is 135 cm³/mol. The lowest BCUT2D eigenvalue weighted by Gasteiger charge is -2.11. The van der Waals surface area contributed by atoms with E-state index >= 15 is 0 Å². The van der Waals surface area contributed by atoms with Crippen LogP contribution < -0.4 is 16.0 Å². The molecule has 0 aliphatic carbocycles. The molecule has 33 heavy (non-hydrogen) atoms. The van der Waals surface area contributed by atoms with Crippen LogP contribution in [0.3, 0.4) is 0 Å². The van der Waals surface area contributed by atoms with Crippen LogP contribution >= 0.6 is 0 Å². The van der Waals surface area contributed by atoms with E-state index in [1.54, 1.807) is 0 Å². The third kappa shape index (κ3) is 5.95. The van der Waals surface area contributed by atoms with Gasteiger partial charge in [0.05, 0.1) is 0 Å². The first kappa shape index (κ1) is 22.0. The Morgan fingerprint density at radius 3 is 1.88 bits per heavy atom. The van der Waals surface area contributed by atoms with Crippen LogP contribution in [0.15, 0.2) is 72.8 Å². The molecule has 0 unspecified atom stereocenters. The number of benzene rings is 3. The highest BCUT2D eigenvalue weighted by molar-refractivity contribution is 6.04. The van der Waals surface area contributed by atoms with E-state index in [1.807, 2.05) is 93.6 Å². The normalized spacial score (nSPS) is 10.5. The number of aryl methyl sites for hydroxylation is 4. The first-order chi connectivity index (χ1) is 15.8. The molecule has 6 heteroatoms. The number of hydrogen-bond acceptors (Lipinski definition) is 5. The first-order valence-electron chi connectivity index (χ1n) is 10.8. The molecule has 0 fully saturated rings. The Balaban J connectivity index is 1.43. The van der Waals surface area contributed by atoms with Crippen LogP contribution in [0.4, 0.5) is 28.8 Å². The highest BCUT2D eigenvalue weighted by Crippen LogP contribution is 2.21. The summed E-state index contributed by atoms with van der Waals surface area (Å²) in [4.78, 5) is 21.6. The minimum atomic E-state index is -0.124. The average molecular weight is 438 g/mol. The summed E-state index contributed by atoms with van der Waals surface area (Å²) >= 11 is 0. The monoisotopic (exact) mass is 437 g/mol. The number of nitrogens with zero attached hydrogens (tertiary/aromatic N) is 2. The SMILES string of the molecule is Cc1ccc(Nc2nc(C)cc(Nc3ccc(NC(=O)c4cc(C)cc(C)c4)cc3)n2)cc1. The van der Waals surface area contributed by atoms with E-state index in [9.17, 15) is 4.79 Å². The Morgan fingerprint density at radius 2 is 1.21 bits per heavy atom. The Hall–Kier alpha value is -4.19. The molecule has 1 heterocycles. The van der Waals surface area contributed by atoms with Crippen molar-refractivity contribution in [2.75, 3.05) is 16.0 Å². The van der Waals surface area contributed by atoms with E-state index in [2.05, 4.69) is 32.8 Å². The summed E-state index contributed by atoms with van der Waals surface area (Å²) in [6.07, 6.45) is 0. The predicted octanol–water partition coefficient (Wildman–Crippen LogP) is 6.45. The summed E-state index contributed by atoms with van der Waals surface area (Å²) in [7, 11) is 0. The molecule has 4 rings (SSSR count). The van der Waals surface area contributed by atoms with E-state index < -0.39 is 0 Å². The fourth-order valence-corrected chi connectivity index (χ4v) is 3.55. The summed E-state index contributed by atoms with van der Waals surface area (Å²) in [5.74, 6) is 1.09. The van der Waals surface area contributed by atoms with Gasteiger partial charge in [-0.1, -0.05) is 34.9 Å². The standard InChI is InChI=1S/C27H27N5O/c1-17-5-7-24(8-6-17)31-27-28-20(4)16-25(32-27)29-22-9-11-23(12-10-22)30-26(33)21-14-18(2)13-19(3)15-21/h5-16H,1-4H3,(H,30,33)(H2,28,29,31,32). The number of carbonyl (C=O) groups is 1. The van der Waals surface area contributed by atoms with Gasteiger partial charge in [-0.25, -0.2) is 4.98 Å². The molecule has 0 atom stereocenters. The van der Waals surface area contributed by atoms with Crippen molar-refractivity contribution < 1.29 is 4.79 Å². The molecule has 0 spiro atoms. The van der Waals surface area contributed by atoms with E-state index in [4.69, 9.17) is 0 Å². The van der Waals surface area contributed by atoms with Gasteiger partial charge in [0.2, 0.25) is 5.95 Å². The summed E-state index contributed by atoms with van der Waals surface area (Å²) in [5, 5.41) is 9.50. The van der Waals surface area contributed by atoms with Crippen LogP contribution in [0.5, 0.6) is 0 Å². The molecule has 0 aliphatic rings. The van der Waals surface area contributed by atoms with Gasteiger partial charge < -0.3 is 16.0 Å². The maximum atomic E-state index is 12.6. The highest BCUT2D eigenvalue weighted by Gasteiger charge is 2.08. The molecule has 166 valence electrons. The van der Waals surface area contributed by atoms with Gasteiger partial charge in [-0.15, -0.1) is 0 Å². The number of aromatic nitrogens is 2. The lowest BCUT2D eigenvalue weighted by Crippen LogP contribution is -2.12. The van der Waals surface area contributed by atoms with Gasteiger partial charge in [0.1, 0.15) is 5.82 Å². The average Bonchev–Trinajstić information content (AvgIpc) is 2.76. The molecule has 3 aromatic carbocycles. The molecular weight excluding hydrogens is 410 g/mol. The minimum Gasteiger partial charge on any atom is -0.340 e. The zero-order chi connectivity index (χ0) is 23.4. The van der Waals surface area contributed by atoms with Crippen molar-refractivity contribution in [3.05, 3.63) is 101 Å². The molecule has 0 bridgehead atoms. The van der Waals surface area contributed by atoms with Crippen LogP contribution in [-0.2, 0) is 0 Å². The zero-order valence-corrected chi connectivity index (χ0v) is 19.2. The van der Waals surface area contributed by atoms with Crippen LogP contribution in [-0.4, -0.2) is 15.9 Å². The lowest BCUT2D eigenvalue weighted by atomic mass is 10.1. The van der Waals surface area contributed by atoms with Crippen molar-refractivity contribution in [2.24, 2.45) is 0 Å². The van der Waals surface area contributed by atoms with Crippen LogP contribution in [0, 0.1) is 27.7 Å². The molecule has 0 aliphatic heterocycles. The van der Waals surface area contributed by atoms with Crippen molar-refractivity contribution in [1.29, 1.82) is 0 Å². The lowest BCUT2D eigenvalue weighted by molar-refractivity contribution is 0.102. The van der Waals surface area contributed by atoms with Gasteiger partial charge in [-0.3, -0.25) is 4.79 Å². The fraction of sp³-hybridized carbons (Fsp3) is 0.148. The molecule has 0 radical (unpaired) electrons. The van der Waals surface area contributed by atoms with Crippen molar-refractivity contribution in [2.45, 2.75) is 27.7 Å². The number of rotatable bonds is 6. The van der Waals surface area contributed by atoms with Crippen LogP contribution in [0.25, 0.3) is 0 Å². The van der Waals surface area contributed by atoms with E-state index in [0.717, 1.165) is 33.9 Å². The number of anilines is 5. The van der Waals surface area contributed by atoms with Crippen molar-refractivity contribution in [1.82, 2.24) is 9.97 Å². The number of nitrogens with one attached hydrogen (secondary N) is 3. The van der Waals surface area contributed by atoms with Crippen molar-refractivity contribution >= 4 is 34.7 Å². The van der Waals surface area contributed by atoms with E-state index in [-0.39, 0.29) is 5.91 Å². The maximum absolute atomic E-state index is 12.6. The smallest absolute Gasteiger partial charge is 0.255 e. The second kappa shape index (κ2) is 9.53. The van der Waals surface area contributed by atoms with Gasteiger partial charge in [-0.2, -0.15) is 4.98 Å². The van der Waals surface area contributed by atoms with E-state index in [0.29, 0.717) is 17.3 Å². The fourth-order valence-electron chi connectivity index (χ4n) is 3.55.